The van der Waals surface area contributed by atoms with E-state index in [0.29, 0.717) is 0 Å². The third kappa shape index (κ3) is 36.0. The smallest absolute Gasteiger partial charge is 0.0594 e. The highest BCUT2D eigenvalue weighted by atomic mass is 31.2. The summed E-state index contributed by atoms with van der Waals surface area (Å²) in [6.45, 7) is 9.50. The van der Waals surface area contributed by atoms with E-state index in [2.05, 4.69) is 27.7 Å². The Kier molecular flexibility index (Phi) is 41.2. The van der Waals surface area contributed by atoms with Gasteiger partial charge in [-0.2, -0.15) is 0 Å². The predicted molar refractivity (Wildman–Crippen MR) is 225 cm³/mol. The molecule has 0 fully saturated rings. The molecule has 0 aliphatic heterocycles. The monoisotopic (exact) mass is 680 g/mol. The first-order valence-corrected chi connectivity index (χ1v) is 25.6. The molecule has 284 valence electrons. The van der Waals surface area contributed by atoms with Gasteiger partial charge >= 0.3 is 0 Å². The van der Waals surface area contributed by atoms with E-state index in [0.717, 1.165) is 0 Å². The number of unbranched alkanes of at least 4 members (excludes halogenated alkanes) is 34. The Morgan fingerprint density at radius 2 is 0.319 bits per heavy atom. The lowest BCUT2D eigenvalue weighted by molar-refractivity contribution is 0.528. The fourth-order valence-corrected chi connectivity index (χ4v) is 13.1. The summed E-state index contributed by atoms with van der Waals surface area (Å²) in [6, 6.07) is 0. The zero-order chi connectivity index (χ0) is 34.2. The quantitative estimate of drug-likeness (QED) is 0.0445. The van der Waals surface area contributed by atoms with Gasteiger partial charge < -0.3 is 0 Å². The van der Waals surface area contributed by atoms with E-state index in [1.807, 2.05) is 0 Å². The Morgan fingerprint density at radius 3 is 0.511 bits per heavy atom. The fourth-order valence-electron chi connectivity index (χ4n) is 8.00. The molecule has 0 unspecified atom stereocenters. The van der Waals surface area contributed by atoms with E-state index in [9.17, 15) is 0 Å². The first-order chi connectivity index (χ1) is 23.2. The number of hydrogen-bond donors (Lipinski definition) is 0. The Bertz CT molecular complexity index is 493. The van der Waals surface area contributed by atoms with Crippen molar-refractivity contribution in [2.45, 2.75) is 272 Å². The van der Waals surface area contributed by atoms with Crippen LogP contribution in [0.4, 0.5) is 0 Å². The molecule has 0 saturated heterocycles. The van der Waals surface area contributed by atoms with Crippen LogP contribution in [0.1, 0.15) is 272 Å². The summed E-state index contributed by atoms with van der Waals surface area (Å²) >= 11 is 0. The summed E-state index contributed by atoms with van der Waals surface area (Å²) in [6.07, 6.45) is 63.0. The van der Waals surface area contributed by atoms with Crippen LogP contribution in [0.25, 0.3) is 0 Å². The van der Waals surface area contributed by atoms with E-state index >= 15 is 0 Å². The molecule has 0 N–H and O–H groups in total. The Labute approximate surface area is 302 Å². The van der Waals surface area contributed by atoms with Crippen LogP contribution in [0.5, 0.6) is 0 Å². The van der Waals surface area contributed by atoms with Gasteiger partial charge in [-0.05, 0) is 38.5 Å². The maximum atomic E-state index is 2.43. The zero-order valence-corrected chi connectivity index (χ0v) is 35.0. The largest absolute Gasteiger partial charge is 0.0654 e. The zero-order valence-electron chi connectivity index (χ0n) is 34.1. The van der Waals surface area contributed by atoms with Crippen molar-refractivity contribution in [1.82, 2.24) is 0 Å². The van der Waals surface area contributed by atoms with Gasteiger partial charge in [-0.3, -0.25) is 0 Å². The topological polar surface area (TPSA) is 0 Å². The van der Waals surface area contributed by atoms with Gasteiger partial charge in [0, 0.05) is 7.26 Å². The molecule has 1 heteroatoms. The first kappa shape index (κ1) is 47.4. The highest BCUT2D eigenvalue weighted by Crippen LogP contribution is 2.61. The lowest BCUT2D eigenvalue weighted by atomic mass is 10.0. The van der Waals surface area contributed by atoms with Crippen molar-refractivity contribution in [3.8, 4) is 0 Å². The summed E-state index contributed by atoms with van der Waals surface area (Å²) < 4.78 is 0. The van der Waals surface area contributed by atoms with Gasteiger partial charge in [-0.1, -0.05) is 233 Å². The highest BCUT2D eigenvalue weighted by molar-refractivity contribution is 7.75. The van der Waals surface area contributed by atoms with Crippen molar-refractivity contribution in [1.29, 1.82) is 0 Å². The van der Waals surface area contributed by atoms with Crippen molar-refractivity contribution in [2.24, 2.45) is 0 Å². The molecule has 0 atom stereocenters. The summed E-state index contributed by atoms with van der Waals surface area (Å²) in [7, 11) is -0.709. The van der Waals surface area contributed by atoms with E-state index in [1.54, 1.807) is 37.5 Å². The maximum absolute atomic E-state index is 2.43. The minimum Gasteiger partial charge on any atom is -0.0654 e. The van der Waals surface area contributed by atoms with Crippen LogP contribution in [0, 0.1) is 0 Å². The van der Waals surface area contributed by atoms with Crippen molar-refractivity contribution in [3.63, 3.8) is 0 Å². The average Bonchev–Trinajstić information content (AvgIpc) is 3.09. The van der Waals surface area contributed by atoms with Crippen molar-refractivity contribution >= 4 is 7.26 Å². The van der Waals surface area contributed by atoms with Crippen molar-refractivity contribution < 1.29 is 0 Å². The van der Waals surface area contributed by atoms with Crippen LogP contribution in [0.15, 0.2) is 0 Å². The molecule has 0 aromatic heterocycles. The van der Waals surface area contributed by atoms with Gasteiger partial charge in [0.1, 0.15) is 0 Å². The molecule has 0 radical (unpaired) electrons. The first-order valence-electron chi connectivity index (χ1n) is 23.1. The second-order valence-corrected chi connectivity index (χ2v) is 20.7. The highest BCUT2D eigenvalue weighted by Gasteiger charge is 2.34. The standard InChI is InChI=1S/C46H96P/c1-5-9-13-15-17-19-21-23-25-27-29-31-33-35-37-39-41-45-47(43-11-7-3,44-12-8-4)46-42-40-38-36-34-32-30-28-26-24-22-20-18-16-14-10-6-2/h5-46H2,1-4H3/q+1. The second kappa shape index (κ2) is 40.9. The van der Waals surface area contributed by atoms with E-state index < -0.39 is 7.26 Å². The minimum absolute atomic E-state index is 0.709. The predicted octanol–water partition coefficient (Wildman–Crippen LogP) is 17.9. The molecule has 0 aliphatic carbocycles. The van der Waals surface area contributed by atoms with Crippen LogP contribution in [-0.4, -0.2) is 24.6 Å². The third-order valence-corrected chi connectivity index (χ3v) is 16.5. The van der Waals surface area contributed by atoms with Gasteiger partial charge in [0.05, 0.1) is 24.6 Å². The molecule has 0 nitrogen and oxygen atoms in total. The molecule has 0 aromatic rings. The second-order valence-electron chi connectivity index (χ2n) is 16.3. The molecule has 0 rings (SSSR count). The summed E-state index contributed by atoms with van der Waals surface area (Å²) in [5, 5.41) is 0. The van der Waals surface area contributed by atoms with Crippen molar-refractivity contribution in [3.05, 3.63) is 0 Å². The molecular formula is C46H96P+. The van der Waals surface area contributed by atoms with Gasteiger partial charge in [-0.15, -0.1) is 0 Å². The molecule has 0 aliphatic rings. The molecule has 47 heavy (non-hydrogen) atoms. The minimum atomic E-state index is -0.709. The van der Waals surface area contributed by atoms with Gasteiger partial charge in [-0.25, -0.2) is 0 Å². The maximum Gasteiger partial charge on any atom is 0.0594 e. The molecular weight excluding hydrogens is 583 g/mol. The Hall–Kier alpha value is 0.430. The van der Waals surface area contributed by atoms with Gasteiger partial charge in [0.25, 0.3) is 0 Å². The molecule has 0 bridgehead atoms. The number of rotatable bonds is 42. The summed E-state index contributed by atoms with van der Waals surface area (Å²) in [4.78, 5) is 0. The van der Waals surface area contributed by atoms with E-state index in [4.69, 9.17) is 0 Å². The molecule has 0 saturated carbocycles. The fraction of sp³-hybridized carbons (Fsp3) is 1.00. The van der Waals surface area contributed by atoms with Gasteiger partial charge in [0.2, 0.25) is 0 Å². The lowest BCUT2D eigenvalue weighted by Gasteiger charge is -2.28. The van der Waals surface area contributed by atoms with Crippen LogP contribution in [0.3, 0.4) is 0 Å². The van der Waals surface area contributed by atoms with Crippen LogP contribution in [0.2, 0.25) is 0 Å². The summed E-state index contributed by atoms with van der Waals surface area (Å²) in [5.74, 6) is 0. The third-order valence-electron chi connectivity index (χ3n) is 11.4. The van der Waals surface area contributed by atoms with Crippen LogP contribution in [-0.2, 0) is 0 Å². The average molecular weight is 680 g/mol. The molecule has 0 aromatic carbocycles. The Balaban J connectivity index is 3.89. The molecule has 0 spiro atoms. The summed E-state index contributed by atoms with van der Waals surface area (Å²) in [5.41, 5.74) is 0. The van der Waals surface area contributed by atoms with Gasteiger partial charge in [0.15, 0.2) is 0 Å². The molecule has 0 amide bonds. The lowest BCUT2D eigenvalue weighted by Crippen LogP contribution is -2.13. The van der Waals surface area contributed by atoms with E-state index in [1.165, 1.54) is 231 Å². The van der Waals surface area contributed by atoms with E-state index in [-0.39, 0.29) is 0 Å². The number of hydrogen-bond acceptors (Lipinski definition) is 0. The SMILES string of the molecule is CCCCCCCCCCCCCCCCCCC[P+](CCCC)(CCCC)CCCCCCCCCCCCCCCCCCC. The molecule has 0 heterocycles. The normalized spacial score (nSPS) is 12.0. The Morgan fingerprint density at radius 1 is 0.170 bits per heavy atom. The van der Waals surface area contributed by atoms with Crippen LogP contribution < -0.4 is 0 Å². The van der Waals surface area contributed by atoms with Crippen molar-refractivity contribution in [2.75, 3.05) is 24.6 Å². The van der Waals surface area contributed by atoms with Crippen LogP contribution >= 0.6 is 7.26 Å².